The van der Waals surface area contributed by atoms with E-state index in [4.69, 9.17) is 4.52 Å². The summed E-state index contributed by atoms with van der Waals surface area (Å²) in [4.78, 5) is 25.0. The molecule has 7 nitrogen and oxygen atoms in total. The van der Waals surface area contributed by atoms with Gasteiger partial charge in [0, 0.05) is 11.8 Å². The van der Waals surface area contributed by atoms with Crippen LogP contribution in [0.4, 0.5) is 0 Å². The van der Waals surface area contributed by atoms with E-state index in [0.717, 1.165) is 11.1 Å². The molecule has 0 aliphatic rings. The van der Waals surface area contributed by atoms with Gasteiger partial charge in [-0.25, -0.2) is 9.97 Å². The van der Waals surface area contributed by atoms with E-state index < -0.39 is 0 Å². The Balaban J connectivity index is 1.67. The van der Waals surface area contributed by atoms with Crippen LogP contribution >= 0.6 is 0 Å². The summed E-state index contributed by atoms with van der Waals surface area (Å²) in [6, 6.07) is 11.2. The molecule has 3 heterocycles. The minimum Gasteiger partial charge on any atom is -0.337 e. The van der Waals surface area contributed by atoms with E-state index >= 15 is 0 Å². The first-order valence-corrected chi connectivity index (χ1v) is 7.40. The first-order valence-electron chi connectivity index (χ1n) is 7.40. The van der Waals surface area contributed by atoms with Crippen molar-refractivity contribution in [2.75, 3.05) is 0 Å². The largest absolute Gasteiger partial charge is 0.337 e. The lowest BCUT2D eigenvalue weighted by Crippen LogP contribution is -2.21. The van der Waals surface area contributed by atoms with Gasteiger partial charge in [-0.3, -0.25) is 9.36 Å². The molecule has 4 aromatic rings. The Bertz CT molecular complexity index is 1080. The fourth-order valence-corrected chi connectivity index (χ4v) is 2.48. The summed E-state index contributed by atoms with van der Waals surface area (Å²) in [6.07, 6.45) is 3.04. The molecule has 1 aromatic carbocycles. The van der Waals surface area contributed by atoms with E-state index in [-0.39, 0.29) is 12.1 Å². The molecule has 0 saturated carbocycles. The standard InChI is InChI=1S/C17H13N5O2/c1-11-4-2-5-12(8-11)15-20-14(24-21-15)9-22-10-19-16-13(17(22)23)6-3-7-18-16/h2-8,10H,9H2,1H3. The lowest BCUT2D eigenvalue weighted by molar-refractivity contribution is 0.369. The zero-order valence-electron chi connectivity index (χ0n) is 12.9. The van der Waals surface area contributed by atoms with Gasteiger partial charge in [0.1, 0.15) is 12.9 Å². The fourth-order valence-electron chi connectivity index (χ4n) is 2.48. The molecular formula is C17H13N5O2. The lowest BCUT2D eigenvalue weighted by Gasteiger charge is -2.02. The molecule has 0 unspecified atom stereocenters. The molecule has 0 bridgehead atoms. The van der Waals surface area contributed by atoms with Crippen molar-refractivity contribution in [3.63, 3.8) is 0 Å². The van der Waals surface area contributed by atoms with Crippen molar-refractivity contribution < 1.29 is 4.52 Å². The Morgan fingerprint density at radius 2 is 2.08 bits per heavy atom. The summed E-state index contributed by atoms with van der Waals surface area (Å²) in [7, 11) is 0. The quantitative estimate of drug-likeness (QED) is 0.575. The van der Waals surface area contributed by atoms with E-state index in [2.05, 4.69) is 20.1 Å². The molecule has 0 spiro atoms. The molecule has 7 heteroatoms. The monoisotopic (exact) mass is 319 g/mol. The predicted octanol–water partition coefficient (Wildman–Crippen LogP) is 2.20. The normalized spacial score (nSPS) is 11.0. The summed E-state index contributed by atoms with van der Waals surface area (Å²) in [6.45, 7) is 2.16. The van der Waals surface area contributed by atoms with E-state index in [9.17, 15) is 4.79 Å². The lowest BCUT2D eigenvalue weighted by atomic mass is 10.1. The highest BCUT2D eigenvalue weighted by atomic mass is 16.5. The van der Waals surface area contributed by atoms with Gasteiger partial charge in [-0.1, -0.05) is 28.9 Å². The molecule has 0 radical (unpaired) electrons. The minimum absolute atomic E-state index is 0.162. The van der Waals surface area contributed by atoms with Crippen molar-refractivity contribution in [1.29, 1.82) is 0 Å². The van der Waals surface area contributed by atoms with Gasteiger partial charge in [0.15, 0.2) is 5.65 Å². The topological polar surface area (TPSA) is 86.7 Å². The molecule has 3 aromatic heterocycles. The number of hydrogen-bond donors (Lipinski definition) is 0. The first kappa shape index (κ1) is 14.3. The number of aryl methyl sites for hydroxylation is 1. The van der Waals surface area contributed by atoms with E-state index in [1.165, 1.54) is 10.9 Å². The Kier molecular flexibility index (Phi) is 3.38. The molecule has 4 rings (SSSR count). The van der Waals surface area contributed by atoms with Crippen molar-refractivity contribution in [2.45, 2.75) is 13.5 Å². The molecule has 0 saturated heterocycles. The zero-order valence-corrected chi connectivity index (χ0v) is 12.9. The Morgan fingerprint density at radius 3 is 2.96 bits per heavy atom. The predicted molar refractivity (Wildman–Crippen MR) is 87.4 cm³/mol. The molecule has 118 valence electrons. The van der Waals surface area contributed by atoms with Crippen LogP contribution in [-0.4, -0.2) is 24.7 Å². The van der Waals surface area contributed by atoms with Crippen LogP contribution < -0.4 is 5.56 Å². The summed E-state index contributed by atoms with van der Waals surface area (Å²) >= 11 is 0. The van der Waals surface area contributed by atoms with Crippen LogP contribution in [0.25, 0.3) is 22.4 Å². The van der Waals surface area contributed by atoms with Gasteiger partial charge in [-0.15, -0.1) is 0 Å². The Labute approximate surface area is 136 Å². The summed E-state index contributed by atoms with van der Waals surface area (Å²) in [5.74, 6) is 0.843. The van der Waals surface area contributed by atoms with Crippen molar-refractivity contribution in [3.05, 3.63) is 70.7 Å². The van der Waals surface area contributed by atoms with Crippen molar-refractivity contribution in [2.24, 2.45) is 0 Å². The smallest absolute Gasteiger partial charge is 0.263 e. The maximum Gasteiger partial charge on any atom is 0.263 e. The number of rotatable bonds is 3. The number of hydrogen-bond acceptors (Lipinski definition) is 6. The second-order valence-electron chi connectivity index (χ2n) is 5.43. The van der Waals surface area contributed by atoms with Crippen LogP contribution in [0.15, 0.2) is 58.2 Å². The number of benzene rings is 1. The summed E-state index contributed by atoms with van der Waals surface area (Å²) in [5, 5.41) is 4.44. The minimum atomic E-state index is -0.191. The molecule has 0 fully saturated rings. The van der Waals surface area contributed by atoms with E-state index in [1.807, 2.05) is 31.2 Å². The van der Waals surface area contributed by atoms with E-state index in [0.29, 0.717) is 22.7 Å². The van der Waals surface area contributed by atoms with Gasteiger partial charge in [-0.2, -0.15) is 4.98 Å². The number of fused-ring (bicyclic) bond motifs is 1. The van der Waals surface area contributed by atoms with Crippen molar-refractivity contribution in [3.8, 4) is 11.4 Å². The van der Waals surface area contributed by atoms with Gasteiger partial charge in [0.05, 0.1) is 5.39 Å². The van der Waals surface area contributed by atoms with Gasteiger partial charge in [0.2, 0.25) is 11.7 Å². The molecular weight excluding hydrogens is 306 g/mol. The van der Waals surface area contributed by atoms with Gasteiger partial charge < -0.3 is 4.52 Å². The highest BCUT2D eigenvalue weighted by Gasteiger charge is 2.11. The van der Waals surface area contributed by atoms with Crippen LogP contribution in [0.3, 0.4) is 0 Å². The highest BCUT2D eigenvalue weighted by molar-refractivity contribution is 5.72. The van der Waals surface area contributed by atoms with Crippen LogP contribution in [0.1, 0.15) is 11.5 Å². The second kappa shape index (κ2) is 5.69. The first-order chi connectivity index (χ1) is 11.7. The maximum atomic E-state index is 12.4. The molecule has 0 aliphatic heterocycles. The van der Waals surface area contributed by atoms with Crippen LogP contribution in [0, 0.1) is 6.92 Å². The van der Waals surface area contributed by atoms with Crippen molar-refractivity contribution in [1.82, 2.24) is 24.7 Å². The third-order valence-electron chi connectivity index (χ3n) is 3.65. The summed E-state index contributed by atoms with van der Waals surface area (Å²) in [5.41, 5.74) is 2.22. The van der Waals surface area contributed by atoms with Gasteiger partial charge >= 0.3 is 0 Å². The molecule has 0 aliphatic carbocycles. The third kappa shape index (κ3) is 2.56. The van der Waals surface area contributed by atoms with Gasteiger partial charge in [0.25, 0.3) is 5.56 Å². The third-order valence-corrected chi connectivity index (χ3v) is 3.65. The molecule has 0 amide bonds. The van der Waals surface area contributed by atoms with E-state index in [1.54, 1.807) is 18.3 Å². The number of nitrogens with zero attached hydrogens (tertiary/aromatic N) is 5. The zero-order chi connectivity index (χ0) is 16.5. The number of aromatic nitrogens is 5. The molecule has 24 heavy (non-hydrogen) atoms. The number of pyridine rings is 1. The highest BCUT2D eigenvalue weighted by Crippen LogP contribution is 2.17. The Morgan fingerprint density at radius 1 is 1.17 bits per heavy atom. The maximum absolute atomic E-state index is 12.4. The van der Waals surface area contributed by atoms with Crippen LogP contribution in [0.2, 0.25) is 0 Å². The van der Waals surface area contributed by atoms with Crippen molar-refractivity contribution >= 4 is 11.0 Å². The fraction of sp³-hybridized carbons (Fsp3) is 0.118. The Hall–Kier alpha value is -3.35. The summed E-state index contributed by atoms with van der Waals surface area (Å²) < 4.78 is 6.69. The molecule has 0 N–H and O–H groups in total. The second-order valence-corrected chi connectivity index (χ2v) is 5.43. The SMILES string of the molecule is Cc1cccc(-c2noc(Cn3cnc4ncccc4c3=O)n2)c1. The van der Waals surface area contributed by atoms with Gasteiger partial charge in [-0.05, 0) is 25.1 Å². The molecule has 0 atom stereocenters. The average Bonchev–Trinajstić information content (AvgIpc) is 3.06. The van der Waals surface area contributed by atoms with Crippen LogP contribution in [0.5, 0.6) is 0 Å². The van der Waals surface area contributed by atoms with Crippen LogP contribution in [-0.2, 0) is 6.54 Å². The average molecular weight is 319 g/mol.